The van der Waals surface area contributed by atoms with Gasteiger partial charge in [-0.3, -0.25) is 4.68 Å². The number of rotatable bonds is 4. The molecule has 102 valence electrons. The fourth-order valence-corrected chi connectivity index (χ4v) is 2.09. The molecule has 0 aliphatic rings. The summed E-state index contributed by atoms with van der Waals surface area (Å²) in [7, 11) is 0. The molecule has 0 spiro atoms. The second-order valence-corrected chi connectivity index (χ2v) is 5.81. The third-order valence-corrected chi connectivity index (χ3v) is 3.19. The highest BCUT2D eigenvalue weighted by Gasteiger charge is 2.23. The highest BCUT2D eigenvalue weighted by Crippen LogP contribution is 2.24. The molecule has 0 bridgehead atoms. The number of hydrogen-bond acceptors (Lipinski definition) is 2. The van der Waals surface area contributed by atoms with Gasteiger partial charge in [-0.05, 0) is 31.4 Å². The molecule has 2 rings (SSSR count). The van der Waals surface area contributed by atoms with Crippen LogP contribution < -0.4 is 0 Å². The van der Waals surface area contributed by atoms with E-state index in [4.69, 9.17) is 0 Å². The second-order valence-electron chi connectivity index (χ2n) is 5.81. The summed E-state index contributed by atoms with van der Waals surface area (Å²) in [6.45, 7) is 8.52. The predicted octanol–water partition coefficient (Wildman–Crippen LogP) is 3.28. The van der Waals surface area contributed by atoms with Gasteiger partial charge >= 0.3 is 0 Å². The van der Waals surface area contributed by atoms with Gasteiger partial charge in [-0.25, -0.2) is 0 Å². The monoisotopic (exact) mass is 258 g/mol. The smallest absolute Gasteiger partial charge is 0.101 e. The third-order valence-electron chi connectivity index (χ3n) is 3.19. The van der Waals surface area contributed by atoms with Crippen molar-refractivity contribution in [3.63, 3.8) is 0 Å². The summed E-state index contributed by atoms with van der Waals surface area (Å²) in [6.07, 6.45) is 0. The SMILES string of the molecule is CC(C)c1cc(C(C)(C)O)n(Cc2ccccc2)n1. The van der Waals surface area contributed by atoms with Crippen molar-refractivity contribution in [3.05, 3.63) is 53.3 Å². The van der Waals surface area contributed by atoms with Gasteiger partial charge in [0.05, 0.1) is 17.9 Å². The van der Waals surface area contributed by atoms with Crippen LogP contribution >= 0.6 is 0 Å². The molecule has 1 aromatic carbocycles. The van der Waals surface area contributed by atoms with Gasteiger partial charge in [-0.15, -0.1) is 0 Å². The van der Waals surface area contributed by atoms with Crippen molar-refractivity contribution in [1.82, 2.24) is 9.78 Å². The Morgan fingerprint density at radius 1 is 1.21 bits per heavy atom. The van der Waals surface area contributed by atoms with E-state index in [0.29, 0.717) is 12.5 Å². The first-order chi connectivity index (χ1) is 8.88. The van der Waals surface area contributed by atoms with Gasteiger partial charge < -0.3 is 5.11 Å². The lowest BCUT2D eigenvalue weighted by Gasteiger charge is -2.19. The van der Waals surface area contributed by atoms with Crippen LogP contribution in [0.15, 0.2) is 36.4 Å². The van der Waals surface area contributed by atoms with E-state index in [9.17, 15) is 5.11 Å². The largest absolute Gasteiger partial charge is 0.384 e. The van der Waals surface area contributed by atoms with Crippen LogP contribution in [0.4, 0.5) is 0 Å². The van der Waals surface area contributed by atoms with E-state index >= 15 is 0 Å². The summed E-state index contributed by atoms with van der Waals surface area (Å²) in [5, 5.41) is 14.9. The molecule has 0 fully saturated rings. The highest BCUT2D eigenvalue weighted by atomic mass is 16.3. The van der Waals surface area contributed by atoms with Crippen molar-refractivity contribution in [2.45, 2.75) is 45.8 Å². The highest BCUT2D eigenvalue weighted by molar-refractivity contribution is 5.21. The molecule has 3 heteroatoms. The Bertz CT molecular complexity index is 536. The van der Waals surface area contributed by atoms with E-state index < -0.39 is 5.60 Å². The van der Waals surface area contributed by atoms with E-state index in [0.717, 1.165) is 11.4 Å². The molecule has 0 atom stereocenters. The van der Waals surface area contributed by atoms with Gasteiger partial charge in [0.2, 0.25) is 0 Å². The number of benzene rings is 1. The fourth-order valence-electron chi connectivity index (χ4n) is 2.09. The minimum absolute atomic E-state index is 0.359. The van der Waals surface area contributed by atoms with E-state index in [1.807, 2.05) is 28.9 Å². The molecule has 19 heavy (non-hydrogen) atoms. The summed E-state index contributed by atoms with van der Waals surface area (Å²) >= 11 is 0. The van der Waals surface area contributed by atoms with Gasteiger partial charge in [-0.1, -0.05) is 44.2 Å². The van der Waals surface area contributed by atoms with Crippen molar-refractivity contribution < 1.29 is 5.11 Å². The Hall–Kier alpha value is -1.61. The van der Waals surface area contributed by atoms with Crippen LogP contribution in [0.1, 0.15) is 50.6 Å². The molecule has 0 saturated heterocycles. The summed E-state index contributed by atoms with van der Waals surface area (Å²) in [6, 6.07) is 12.2. The molecular formula is C16H22N2O. The average Bonchev–Trinajstić information content (AvgIpc) is 2.74. The standard InChI is InChI=1S/C16H22N2O/c1-12(2)14-10-15(16(3,4)19)18(17-14)11-13-8-6-5-7-9-13/h5-10,12,19H,11H2,1-4H3. The Balaban J connectivity index is 2.38. The zero-order valence-electron chi connectivity index (χ0n) is 12.1. The first-order valence-electron chi connectivity index (χ1n) is 6.72. The number of aromatic nitrogens is 2. The Morgan fingerprint density at radius 3 is 2.37 bits per heavy atom. The molecule has 0 aliphatic heterocycles. The lowest BCUT2D eigenvalue weighted by atomic mass is 10.0. The first kappa shape index (κ1) is 13.8. The minimum atomic E-state index is -0.880. The van der Waals surface area contributed by atoms with Crippen molar-refractivity contribution in [2.24, 2.45) is 0 Å². The van der Waals surface area contributed by atoms with Crippen LogP contribution in [0, 0.1) is 0 Å². The van der Waals surface area contributed by atoms with Crippen LogP contribution in [-0.2, 0) is 12.1 Å². The average molecular weight is 258 g/mol. The number of aliphatic hydroxyl groups is 1. The van der Waals surface area contributed by atoms with E-state index in [1.54, 1.807) is 13.8 Å². The summed E-state index contributed by atoms with van der Waals surface area (Å²) in [4.78, 5) is 0. The van der Waals surface area contributed by atoms with Crippen LogP contribution in [0.25, 0.3) is 0 Å². The minimum Gasteiger partial charge on any atom is -0.384 e. The van der Waals surface area contributed by atoms with Gasteiger partial charge in [0.1, 0.15) is 5.60 Å². The Kier molecular flexibility index (Phi) is 3.76. The quantitative estimate of drug-likeness (QED) is 0.914. The maximum absolute atomic E-state index is 10.3. The molecule has 1 heterocycles. The van der Waals surface area contributed by atoms with Crippen LogP contribution in [0.5, 0.6) is 0 Å². The van der Waals surface area contributed by atoms with Crippen molar-refractivity contribution in [2.75, 3.05) is 0 Å². The van der Waals surface area contributed by atoms with Crippen molar-refractivity contribution >= 4 is 0 Å². The molecule has 3 nitrogen and oxygen atoms in total. The van der Waals surface area contributed by atoms with Gasteiger partial charge in [0.15, 0.2) is 0 Å². The van der Waals surface area contributed by atoms with Gasteiger partial charge in [0, 0.05) is 0 Å². The molecular weight excluding hydrogens is 236 g/mol. The molecule has 0 saturated carbocycles. The lowest BCUT2D eigenvalue weighted by Crippen LogP contribution is -2.21. The number of hydrogen-bond donors (Lipinski definition) is 1. The fraction of sp³-hybridized carbons (Fsp3) is 0.438. The molecule has 2 aromatic rings. The second kappa shape index (κ2) is 5.17. The van der Waals surface area contributed by atoms with Gasteiger partial charge in [-0.2, -0.15) is 5.10 Å². The topological polar surface area (TPSA) is 38.0 Å². The zero-order chi connectivity index (χ0) is 14.0. The Morgan fingerprint density at radius 2 is 1.84 bits per heavy atom. The third kappa shape index (κ3) is 3.24. The molecule has 1 N–H and O–H groups in total. The van der Waals surface area contributed by atoms with Crippen LogP contribution in [0.2, 0.25) is 0 Å². The summed E-state index contributed by atoms with van der Waals surface area (Å²) in [5.74, 6) is 0.359. The lowest BCUT2D eigenvalue weighted by molar-refractivity contribution is 0.0688. The van der Waals surface area contributed by atoms with E-state index in [2.05, 4.69) is 31.1 Å². The maximum Gasteiger partial charge on any atom is 0.101 e. The van der Waals surface area contributed by atoms with Crippen LogP contribution in [0.3, 0.4) is 0 Å². The molecule has 1 aromatic heterocycles. The summed E-state index contributed by atoms with van der Waals surface area (Å²) in [5.41, 5.74) is 2.19. The van der Waals surface area contributed by atoms with Crippen molar-refractivity contribution in [1.29, 1.82) is 0 Å². The van der Waals surface area contributed by atoms with Crippen LogP contribution in [-0.4, -0.2) is 14.9 Å². The Labute approximate surface area is 114 Å². The predicted molar refractivity (Wildman–Crippen MR) is 77.1 cm³/mol. The van der Waals surface area contributed by atoms with E-state index in [1.165, 1.54) is 5.56 Å². The molecule has 0 radical (unpaired) electrons. The number of nitrogens with zero attached hydrogens (tertiary/aromatic N) is 2. The van der Waals surface area contributed by atoms with E-state index in [-0.39, 0.29) is 0 Å². The zero-order valence-corrected chi connectivity index (χ0v) is 12.1. The van der Waals surface area contributed by atoms with Crippen molar-refractivity contribution in [3.8, 4) is 0 Å². The first-order valence-corrected chi connectivity index (χ1v) is 6.72. The summed E-state index contributed by atoms with van der Waals surface area (Å²) < 4.78 is 1.91. The molecule has 0 unspecified atom stereocenters. The maximum atomic E-state index is 10.3. The van der Waals surface area contributed by atoms with Gasteiger partial charge in [0.25, 0.3) is 0 Å². The molecule has 0 aliphatic carbocycles. The normalized spacial score (nSPS) is 12.1. The molecule has 0 amide bonds.